The number of rotatable bonds is 9. The highest BCUT2D eigenvalue weighted by Gasteiger charge is 2.12. The number of aliphatic hydroxyl groups is 1. The van der Waals surface area contributed by atoms with Gasteiger partial charge in [0.25, 0.3) is 0 Å². The van der Waals surface area contributed by atoms with Crippen LogP contribution in [0.1, 0.15) is 24.5 Å². The van der Waals surface area contributed by atoms with E-state index in [-0.39, 0.29) is 18.5 Å². The van der Waals surface area contributed by atoms with E-state index in [0.717, 1.165) is 17.5 Å². The largest absolute Gasteiger partial charge is 0.493 e. The summed E-state index contributed by atoms with van der Waals surface area (Å²) in [5, 5.41) is 12.6. The Balaban J connectivity index is 2.12. The Labute approximate surface area is 142 Å². The lowest BCUT2D eigenvalue weighted by Crippen LogP contribution is -2.31. The van der Waals surface area contributed by atoms with Gasteiger partial charge in [-0.15, -0.1) is 0 Å². The first-order valence-corrected chi connectivity index (χ1v) is 8.05. The summed E-state index contributed by atoms with van der Waals surface area (Å²) in [5.74, 6) is 1.04. The van der Waals surface area contributed by atoms with Gasteiger partial charge < -0.3 is 19.9 Å². The smallest absolute Gasteiger partial charge is 0.166 e. The maximum atomic E-state index is 13.0. The minimum Gasteiger partial charge on any atom is -0.493 e. The lowest BCUT2D eigenvalue weighted by Gasteiger charge is -2.18. The van der Waals surface area contributed by atoms with E-state index in [0.29, 0.717) is 24.7 Å². The van der Waals surface area contributed by atoms with Crippen LogP contribution in [0.5, 0.6) is 11.5 Å². The van der Waals surface area contributed by atoms with Crippen molar-refractivity contribution in [2.24, 2.45) is 0 Å². The van der Waals surface area contributed by atoms with Crippen molar-refractivity contribution in [1.29, 1.82) is 0 Å². The number of aliphatic hydroxyl groups excluding tert-OH is 1. The lowest BCUT2D eigenvalue weighted by molar-refractivity contribution is 0.236. The molecular formula is C19H24FNO3. The highest BCUT2D eigenvalue weighted by molar-refractivity contribution is 5.46. The Morgan fingerprint density at radius 3 is 2.54 bits per heavy atom. The van der Waals surface area contributed by atoms with Gasteiger partial charge in [-0.05, 0) is 30.2 Å². The zero-order chi connectivity index (χ0) is 17.4. The van der Waals surface area contributed by atoms with E-state index in [9.17, 15) is 9.50 Å². The lowest BCUT2D eigenvalue weighted by atomic mass is 10.1. The van der Waals surface area contributed by atoms with Crippen molar-refractivity contribution in [2.45, 2.75) is 32.5 Å². The summed E-state index contributed by atoms with van der Waals surface area (Å²) in [6.45, 7) is 3.00. The minimum absolute atomic E-state index is 0.0427. The molecule has 0 fully saturated rings. The molecule has 5 heteroatoms. The maximum absolute atomic E-state index is 13.0. The molecule has 0 aliphatic heterocycles. The van der Waals surface area contributed by atoms with Crippen LogP contribution in [0.2, 0.25) is 0 Å². The van der Waals surface area contributed by atoms with Gasteiger partial charge in [-0.25, -0.2) is 4.39 Å². The van der Waals surface area contributed by atoms with E-state index in [1.54, 1.807) is 19.2 Å². The van der Waals surface area contributed by atoms with Crippen LogP contribution in [0.25, 0.3) is 0 Å². The number of nitrogens with one attached hydrogen (secondary N) is 1. The van der Waals surface area contributed by atoms with Crippen LogP contribution in [0.15, 0.2) is 42.5 Å². The maximum Gasteiger partial charge on any atom is 0.166 e. The van der Waals surface area contributed by atoms with Gasteiger partial charge in [-0.1, -0.05) is 31.2 Å². The molecule has 0 saturated heterocycles. The number of ether oxygens (including phenoxy) is 2. The Kier molecular flexibility index (Phi) is 7.03. The van der Waals surface area contributed by atoms with Crippen molar-refractivity contribution < 1.29 is 19.0 Å². The van der Waals surface area contributed by atoms with Gasteiger partial charge in [-0.3, -0.25) is 0 Å². The number of para-hydroxylation sites is 1. The van der Waals surface area contributed by atoms with Gasteiger partial charge in [0, 0.05) is 18.2 Å². The van der Waals surface area contributed by atoms with Crippen molar-refractivity contribution in [3.05, 3.63) is 59.4 Å². The zero-order valence-electron chi connectivity index (χ0n) is 14.1. The second-order valence-corrected chi connectivity index (χ2v) is 5.53. The van der Waals surface area contributed by atoms with E-state index in [2.05, 4.69) is 5.32 Å². The van der Waals surface area contributed by atoms with Gasteiger partial charge in [0.15, 0.2) is 11.5 Å². The summed E-state index contributed by atoms with van der Waals surface area (Å²) in [6.07, 6.45) is 0.840. The third-order valence-corrected chi connectivity index (χ3v) is 3.87. The second-order valence-electron chi connectivity index (χ2n) is 5.53. The van der Waals surface area contributed by atoms with Crippen LogP contribution in [0.4, 0.5) is 4.39 Å². The van der Waals surface area contributed by atoms with E-state index >= 15 is 0 Å². The molecular weight excluding hydrogens is 309 g/mol. The number of benzene rings is 2. The molecule has 0 heterocycles. The monoisotopic (exact) mass is 333 g/mol. The highest BCUT2D eigenvalue weighted by Crippen LogP contribution is 2.32. The number of halogens is 1. The average Bonchev–Trinajstić information content (AvgIpc) is 2.62. The predicted octanol–water partition coefficient (Wildman–Crippen LogP) is 3.27. The fourth-order valence-electron chi connectivity index (χ4n) is 2.35. The molecule has 0 aliphatic carbocycles. The summed E-state index contributed by atoms with van der Waals surface area (Å²) >= 11 is 0. The van der Waals surface area contributed by atoms with Crippen LogP contribution >= 0.6 is 0 Å². The Morgan fingerprint density at radius 1 is 1.17 bits per heavy atom. The van der Waals surface area contributed by atoms with Gasteiger partial charge in [0.05, 0.1) is 13.7 Å². The summed E-state index contributed by atoms with van der Waals surface area (Å²) in [5.41, 5.74) is 1.83. The Hall–Kier alpha value is -2.11. The van der Waals surface area contributed by atoms with Gasteiger partial charge in [0.2, 0.25) is 0 Å². The van der Waals surface area contributed by atoms with Gasteiger partial charge >= 0.3 is 0 Å². The second kappa shape index (κ2) is 9.25. The molecule has 2 rings (SSSR count). The molecule has 4 nitrogen and oxygen atoms in total. The molecule has 0 aliphatic rings. The van der Waals surface area contributed by atoms with Crippen LogP contribution < -0.4 is 14.8 Å². The molecule has 2 N–H and O–H groups in total. The van der Waals surface area contributed by atoms with Crippen LogP contribution in [-0.2, 0) is 13.2 Å². The molecule has 1 atom stereocenters. The van der Waals surface area contributed by atoms with Crippen LogP contribution in [-0.4, -0.2) is 24.9 Å². The fraction of sp³-hybridized carbons (Fsp3) is 0.368. The topological polar surface area (TPSA) is 50.7 Å². The molecule has 0 aromatic heterocycles. The molecule has 0 unspecified atom stereocenters. The Morgan fingerprint density at radius 2 is 1.92 bits per heavy atom. The molecule has 0 bridgehead atoms. The molecule has 0 saturated carbocycles. The van der Waals surface area contributed by atoms with Gasteiger partial charge in [-0.2, -0.15) is 0 Å². The van der Waals surface area contributed by atoms with E-state index in [1.807, 2.05) is 25.1 Å². The van der Waals surface area contributed by atoms with Crippen LogP contribution in [0.3, 0.4) is 0 Å². The summed E-state index contributed by atoms with van der Waals surface area (Å²) in [7, 11) is 1.60. The molecule has 130 valence electrons. The fourth-order valence-corrected chi connectivity index (χ4v) is 2.35. The first-order chi connectivity index (χ1) is 11.7. The molecule has 0 spiro atoms. The standard InChI is InChI=1S/C19H24FNO3/c1-3-17(12-22)21-11-15-5-4-6-18(23-2)19(15)24-13-14-7-9-16(20)10-8-14/h4-10,17,21-22H,3,11-13H2,1-2H3/t17-/m1/s1. The van der Waals surface area contributed by atoms with Crippen molar-refractivity contribution in [3.8, 4) is 11.5 Å². The number of methoxy groups -OCH3 is 1. The summed E-state index contributed by atoms with van der Waals surface area (Å²) in [6, 6.07) is 12.0. The molecule has 2 aromatic carbocycles. The third-order valence-electron chi connectivity index (χ3n) is 3.87. The average molecular weight is 333 g/mol. The van der Waals surface area contributed by atoms with Crippen molar-refractivity contribution in [1.82, 2.24) is 5.32 Å². The van der Waals surface area contributed by atoms with Crippen LogP contribution in [0, 0.1) is 5.82 Å². The van der Waals surface area contributed by atoms with E-state index in [4.69, 9.17) is 9.47 Å². The number of hydrogen-bond donors (Lipinski definition) is 2. The number of hydrogen-bond acceptors (Lipinski definition) is 4. The van der Waals surface area contributed by atoms with E-state index in [1.165, 1.54) is 12.1 Å². The first-order valence-electron chi connectivity index (χ1n) is 8.05. The first kappa shape index (κ1) is 18.2. The van der Waals surface area contributed by atoms with Gasteiger partial charge in [0.1, 0.15) is 12.4 Å². The molecule has 24 heavy (non-hydrogen) atoms. The zero-order valence-corrected chi connectivity index (χ0v) is 14.1. The van der Waals surface area contributed by atoms with E-state index < -0.39 is 0 Å². The van der Waals surface area contributed by atoms with Crippen molar-refractivity contribution in [2.75, 3.05) is 13.7 Å². The Bertz CT molecular complexity index is 627. The highest BCUT2D eigenvalue weighted by atomic mass is 19.1. The predicted molar refractivity (Wildman–Crippen MR) is 91.7 cm³/mol. The van der Waals surface area contributed by atoms with Crippen molar-refractivity contribution >= 4 is 0 Å². The normalized spacial score (nSPS) is 12.0. The third kappa shape index (κ3) is 4.94. The minimum atomic E-state index is -0.268. The summed E-state index contributed by atoms with van der Waals surface area (Å²) < 4.78 is 24.3. The molecule has 2 aromatic rings. The molecule has 0 radical (unpaired) electrons. The quantitative estimate of drug-likeness (QED) is 0.739. The van der Waals surface area contributed by atoms with Crippen molar-refractivity contribution in [3.63, 3.8) is 0 Å². The SMILES string of the molecule is CC[C@H](CO)NCc1cccc(OC)c1OCc1ccc(F)cc1. The summed E-state index contributed by atoms with van der Waals surface area (Å²) in [4.78, 5) is 0. The molecule has 0 amide bonds.